The summed E-state index contributed by atoms with van der Waals surface area (Å²) in [6, 6.07) is 10.9. The number of hydrogen-bond donors (Lipinski definition) is 1. The van der Waals surface area contributed by atoms with Crippen molar-refractivity contribution in [1.29, 1.82) is 0 Å². The first-order chi connectivity index (χ1) is 8.11. The lowest BCUT2D eigenvalue weighted by molar-refractivity contribution is 0.699. The molecule has 1 atom stereocenters. The lowest BCUT2D eigenvalue weighted by atomic mass is 10.0. The molecule has 90 valence electrons. The van der Waals surface area contributed by atoms with Gasteiger partial charge in [-0.3, -0.25) is 0 Å². The molecule has 0 saturated heterocycles. The zero-order chi connectivity index (χ0) is 12.4. The van der Waals surface area contributed by atoms with Crippen molar-refractivity contribution >= 4 is 43.2 Å². The second kappa shape index (κ2) is 5.65. The van der Waals surface area contributed by atoms with Crippen molar-refractivity contribution in [2.24, 2.45) is 0 Å². The molecular formula is C13H13Br2NS. The molecule has 1 aromatic carbocycles. The molecule has 0 aliphatic rings. The van der Waals surface area contributed by atoms with Crippen LogP contribution in [0.15, 0.2) is 38.6 Å². The van der Waals surface area contributed by atoms with E-state index in [1.54, 1.807) is 11.3 Å². The van der Waals surface area contributed by atoms with Crippen LogP contribution >= 0.6 is 43.2 Å². The van der Waals surface area contributed by atoms with Crippen LogP contribution in [0.1, 0.15) is 22.0 Å². The molecule has 1 aromatic heterocycles. The summed E-state index contributed by atoms with van der Waals surface area (Å²) in [4.78, 5) is 1.32. The first-order valence-corrected chi connectivity index (χ1v) is 7.70. The fraction of sp³-hybridized carbons (Fsp3) is 0.231. The van der Waals surface area contributed by atoms with Crippen molar-refractivity contribution < 1.29 is 0 Å². The lowest BCUT2D eigenvalue weighted by Crippen LogP contribution is -2.17. The van der Waals surface area contributed by atoms with Crippen LogP contribution in [0.5, 0.6) is 0 Å². The third-order valence-corrected chi connectivity index (χ3v) is 4.89. The van der Waals surface area contributed by atoms with E-state index in [9.17, 15) is 0 Å². The number of benzene rings is 1. The fourth-order valence-electron chi connectivity index (χ4n) is 1.90. The van der Waals surface area contributed by atoms with Crippen LogP contribution in [0, 0.1) is 6.92 Å². The molecule has 0 saturated carbocycles. The number of rotatable bonds is 3. The van der Waals surface area contributed by atoms with E-state index in [-0.39, 0.29) is 6.04 Å². The number of nitrogens with one attached hydrogen (secondary N) is 1. The average Bonchev–Trinajstić information content (AvgIpc) is 2.69. The zero-order valence-corrected chi connectivity index (χ0v) is 13.6. The summed E-state index contributed by atoms with van der Waals surface area (Å²) in [6.07, 6.45) is 0. The largest absolute Gasteiger partial charge is 0.309 e. The molecule has 0 aliphatic carbocycles. The van der Waals surface area contributed by atoms with E-state index in [2.05, 4.69) is 74.4 Å². The summed E-state index contributed by atoms with van der Waals surface area (Å²) >= 11 is 8.79. The maximum absolute atomic E-state index is 3.52. The molecule has 0 aliphatic heterocycles. The Morgan fingerprint density at radius 2 is 1.94 bits per heavy atom. The van der Waals surface area contributed by atoms with Crippen LogP contribution in [0.3, 0.4) is 0 Å². The van der Waals surface area contributed by atoms with Crippen molar-refractivity contribution in [2.45, 2.75) is 13.0 Å². The highest BCUT2D eigenvalue weighted by Gasteiger charge is 2.15. The fourth-order valence-corrected chi connectivity index (χ4v) is 3.93. The minimum atomic E-state index is 0.263. The van der Waals surface area contributed by atoms with Crippen molar-refractivity contribution in [3.05, 3.63) is 54.6 Å². The molecule has 2 rings (SSSR count). The second-order valence-corrected chi connectivity index (χ2v) is 7.27. The Balaban J connectivity index is 2.42. The van der Waals surface area contributed by atoms with Gasteiger partial charge in [-0.15, -0.1) is 11.3 Å². The quantitative estimate of drug-likeness (QED) is 0.806. The topological polar surface area (TPSA) is 12.0 Å². The van der Waals surface area contributed by atoms with Crippen LogP contribution < -0.4 is 5.32 Å². The van der Waals surface area contributed by atoms with Gasteiger partial charge >= 0.3 is 0 Å². The predicted octanol–water partition coefficient (Wildman–Crippen LogP) is 4.89. The van der Waals surface area contributed by atoms with Crippen molar-refractivity contribution in [2.75, 3.05) is 7.05 Å². The van der Waals surface area contributed by atoms with E-state index >= 15 is 0 Å². The molecule has 1 nitrogen and oxygen atoms in total. The maximum Gasteiger partial charge on any atom is 0.0702 e. The Labute approximate surface area is 123 Å². The Morgan fingerprint density at radius 3 is 2.47 bits per heavy atom. The highest BCUT2D eigenvalue weighted by Crippen LogP contribution is 2.33. The van der Waals surface area contributed by atoms with E-state index in [0.717, 1.165) is 4.47 Å². The molecule has 0 bridgehead atoms. The Hall–Kier alpha value is -0.160. The van der Waals surface area contributed by atoms with Crippen LogP contribution in [0.25, 0.3) is 0 Å². The monoisotopic (exact) mass is 373 g/mol. The van der Waals surface area contributed by atoms with Crippen molar-refractivity contribution in [1.82, 2.24) is 5.32 Å². The van der Waals surface area contributed by atoms with E-state index < -0.39 is 0 Å². The number of halogens is 2. The third-order valence-electron chi connectivity index (χ3n) is 2.71. The van der Waals surface area contributed by atoms with E-state index in [1.165, 1.54) is 19.8 Å². The van der Waals surface area contributed by atoms with Gasteiger partial charge in [-0.05, 0) is 65.3 Å². The lowest BCUT2D eigenvalue weighted by Gasteiger charge is -2.17. The molecule has 0 spiro atoms. The van der Waals surface area contributed by atoms with Gasteiger partial charge in [0.25, 0.3) is 0 Å². The van der Waals surface area contributed by atoms with E-state index in [4.69, 9.17) is 0 Å². The van der Waals surface area contributed by atoms with Crippen LogP contribution in [0.2, 0.25) is 0 Å². The molecule has 1 N–H and O–H groups in total. The number of hydrogen-bond acceptors (Lipinski definition) is 2. The number of thiophene rings is 1. The molecule has 1 heterocycles. The summed E-state index contributed by atoms with van der Waals surface area (Å²) in [7, 11) is 2.00. The SMILES string of the molecule is CNC(c1ccc(Br)s1)c1ccc(Br)cc1C. The first kappa shape index (κ1) is 13.3. The van der Waals surface area contributed by atoms with Gasteiger partial charge in [0, 0.05) is 9.35 Å². The first-order valence-electron chi connectivity index (χ1n) is 5.30. The minimum Gasteiger partial charge on any atom is -0.309 e. The highest BCUT2D eigenvalue weighted by atomic mass is 79.9. The van der Waals surface area contributed by atoms with Gasteiger partial charge in [-0.2, -0.15) is 0 Å². The minimum absolute atomic E-state index is 0.263. The van der Waals surface area contributed by atoms with Gasteiger partial charge in [0.1, 0.15) is 0 Å². The molecular weight excluding hydrogens is 362 g/mol. The van der Waals surface area contributed by atoms with Gasteiger partial charge in [-0.1, -0.05) is 22.0 Å². The second-order valence-electron chi connectivity index (χ2n) is 3.86. The number of aryl methyl sites for hydroxylation is 1. The van der Waals surface area contributed by atoms with Gasteiger partial charge in [0.05, 0.1) is 9.83 Å². The van der Waals surface area contributed by atoms with E-state index in [0.29, 0.717) is 0 Å². The van der Waals surface area contributed by atoms with Crippen LogP contribution in [-0.2, 0) is 0 Å². The van der Waals surface area contributed by atoms with Crippen LogP contribution in [-0.4, -0.2) is 7.05 Å². The molecule has 0 radical (unpaired) electrons. The molecule has 2 aromatic rings. The van der Waals surface area contributed by atoms with Gasteiger partial charge in [0.2, 0.25) is 0 Å². The van der Waals surface area contributed by atoms with Crippen molar-refractivity contribution in [3.63, 3.8) is 0 Å². The normalized spacial score (nSPS) is 12.7. The highest BCUT2D eigenvalue weighted by molar-refractivity contribution is 9.11. The molecule has 0 amide bonds. The Kier molecular flexibility index (Phi) is 4.42. The standard InChI is InChI=1S/C13H13Br2NS/c1-8-7-9(14)3-4-10(8)13(16-2)11-5-6-12(15)17-11/h3-7,13,16H,1-2H3. The molecule has 1 unspecified atom stereocenters. The Bertz CT molecular complexity index is 522. The van der Waals surface area contributed by atoms with E-state index in [1.807, 2.05) is 7.05 Å². The Morgan fingerprint density at radius 1 is 1.18 bits per heavy atom. The summed E-state index contributed by atoms with van der Waals surface area (Å²) < 4.78 is 2.29. The zero-order valence-electron chi connectivity index (χ0n) is 9.63. The summed E-state index contributed by atoms with van der Waals surface area (Å²) in [5.74, 6) is 0. The summed E-state index contributed by atoms with van der Waals surface area (Å²) in [5.41, 5.74) is 2.62. The molecule has 4 heteroatoms. The van der Waals surface area contributed by atoms with Gasteiger partial charge in [0.15, 0.2) is 0 Å². The predicted molar refractivity (Wildman–Crippen MR) is 81.8 cm³/mol. The van der Waals surface area contributed by atoms with Crippen LogP contribution in [0.4, 0.5) is 0 Å². The molecule has 0 fully saturated rings. The third kappa shape index (κ3) is 2.99. The van der Waals surface area contributed by atoms with Gasteiger partial charge < -0.3 is 5.32 Å². The average molecular weight is 375 g/mol. The summed E-state index contributed by atoms with van der Waals surface area (Å²) in [5, 5.41) is 3.38. The maximum atomic E-state index is 3.52. The summed E-state index contributed by atoms with van der Waals surface area (Å²) in [6.45, 7) is 2.15. The van der Waals surface area contributed by atoms with Gasteiger partial charge in [-0.25, -0.2) is 0 Å². The molecule has 17 heavy (non-hydrogen) atoms. The smallest absolute Gasteiger partial charge is 0.0702 e. The van der Waals surface area contributed by atoms with Crippen molar-refractivity contribution in [3.8, 4) is 0 Å².